The molecule has 0 radical (unpaired) electrons. The number of ether oxygens (including phenoxy) is 1. The summed E-state index contributed by atoms with van der Waals surface area (Å²) in [4.78, 5) is 16.8. The monoisotopic (exact) mass is 463 g/mol. The molecule has 0 saturated heterocycles. The average molecular weight is 464 g/mol. The molecule has 168 valence electrons. The second-order valence-electron chi connectivity index (χ2n) is 7.15. The highest BCUT2D eigenvalue weighted by atomic mass is 32.2. The Kier molecular flexibility index (Phi) is 6.09. The Balaban J connectivity index is 1.52. The number of benzene rings is 3. The Labute approximate surface area is 191 Å². The largest absolute Gasteiger partial charge is 0.497 e. The van der Waals surface area contributed by atoms with Crippen molar-refractivity contribution in [2.45, 2.75) is 11.8 Å². The maximum atomic E-state index is 12.9. The van der Waals surface area contributed by atoms with Crippen LogP contribution in [0, 0.1) is 6.92 Å². The third-order valence-corrected chi connectivity index (χ3v) is 6.29. The van der Waals surface area contributed by atoms with Gasteiger partial charge in [0.15, 0.2) is 0 Å². The van der Waals surface area contributed by atoms with Crippen molar-refractivity contribution >= 4 is 27.3 Å². The molecule has 0 fully saturated rings. The molecule has 0 saturated carbocycles. The minimum Gasteiger partial charge on any atom is -0.497 e. The lowest BCUT2D eigenvalue weighted by molar-refractivity contribution is 0.102. The Morgan fingerprint density at radius 1 is 0.970 bits per heavy atom. The molecule has 0 atom stereocenters. The zero-order valence-corrected chi connectivity index (χ0v) is 18.7. The van der Waals surface area contributed by atoms with Gasteiger partial charge in [-0.05, 0) is 73.2 Å². The SMILES string of the molecule is COc1ccc(NS(=O)(=O)c2ccc(C)c(C(=O)Nc3ccc(-n4cncn4)cc3)c2)cc1. The molecule has 1 aromatic heterocycles. The molecular weight excluding hydrogens is 442 g/mol. The lowest BCUT2D eigenvalue weighted by Crippen LogP contribution is -2.17. The minimum atomic E-state index is -3.90. The second kappa shape index (κ2) is 9.13. The van der Waals surface area contributed by atoms with Gasteiger partial charge in [-0.25, -0.2) is 18.1 Å². The Bertz CT molecular complexity index is 1370. The van der Waals surface area contributed by atoms with E-state index < -0.39 is 15.9 Å². The van der Waals surface area contributed by atoms with E-state index in [9.17, 15) is 13.2 Å². The van der Waals surface area contributed by atoms with Gasteiger partial charge in [0.25, 0.3) is 15.9 Å². The molecule has 0 aliphatic carbocycles. The number of hydrogen-bond donors (Lipinski definition) is 2. The lowest BCUT2D eigenvalue weighted by atomic mass is 10.1. The molecule has 1 heterocycles. The van der Waals surface area contributed by atoms with Crippen LogP contribution in [-0.4, -0.2) is 36.2 Å². The number of amides is 1. The normalized spacial score (nSPS) is 11.1. The van der Waals surface area contributed by atoms with E-state index in [0.29, 0.717) is 22.7 Å². The molecule has 1 amide bonds. The number of aromatic nitrogens is 3. The average Bonchev–Trinajstić information content (AvgIpc) is 3.35. The smallest absolute Gasteiger partial charge is 0.261 e. The molecular formula is C23H21N5O4S. The molecule has 0 aliphatic heterocycles. The molecule has 4 aromatic rings. The van der Waals surface area contributed by atoms with Gasteiger partial charge in [-0.2, -0.15) is 5.10 Å². The van der Waals surface area contributed by atoms with Gasteiger partial charge < -0.3 is 10.1 Å². The first-order valence-corrected chi connectivity index (χ1v) is 11.4. The molecule has 0 bridgehead atoms. The number of aryl methyl sites for hydroxylation is 1. The van der Waals surface area contributed by atoms with Crippen LogP contribution in [-0.2, 0) is 10.0 Å². The van der Waals surface area contributed by atoms with Crippen LogP contribution in [0.4, 0.5) is 11.4 Å². The standard InChI is InChI=1S/C23H21N5O4S/c1-16-3-12-21(33(30,31)27-18-6-10-20(32-2)11-7-18)13-22(16)23(29)26-17-4-8-19(9-5-17)28-15-24-14-25-28/h3-15,27H,1-2H3,(H,26,29). The molecule has 9 nitrogen and oxygen atoms in total. The van der Waals surface area contributed by atoms with Crippen LogP contribution < -0.4 is 14.8 Å². The predicted octanol–water partition coefficient (Wildman–Crippen LogP) is 3.64. The number of rotatable bonds is 7. The lowest BCUT2D eigenvalue weighted by Gasteiger charge is -2.12. The van der Waals surface area contributed by atoms with Gasteiger partial charge in [0, 0.05) is 16.9 Å². The van der Waals surface area contributed by atoms with Gasteiger partial charge in [0.2, 0.25) is 0 Å². The maximum Gasteiger partial charge on any atom is 0.261 e. The summed E-state index contributed by atoms with van der Waals surface area (Å²) in [5, 5.41) is 6.86. The zero-order chi connectivity index (χ0) is 23.4. The molecule has 0 aliphatic rings. The van der Waals surface area contributed by atoms with Crippen molar-refractivity contribution in [1.82, 2.24) is 14.8 Å². The van der Waals surface area contributed by atoms with Crippen molar-refractivity contribution in [2.75, 3.05) is 17.1 Å². The van der Waals surface area contributed by atoms with Gasteiger partial charge in [0.05, 0.1) is 17.7 Å². The van der Waals surface area contributed by atoms with Crippen LogP contribution in [0.2, 0.25) is 0 Å². The Morgan fingerprint density at radius 2 is 1.67 bits per heavy atom. The number of carbonyl (C=O) groups excluding carboxylic acids is 1. The van der Waals surface area contributed by atoms with Crippen LogP contribution in [0.25, 0.3) is 5.69 Å². The van der Waals surface area contributed by atoms with Crippen LogP contribution in [0.3, 0.4) is 0 Å². The van der Waals surface area contributed by atoms with Gasteiger partial charge in [-0.3, -0.25) is 9.52 Å². The van der Waals surface area contributed by atoms with Gasteiger partial charge >= 0.3 is 0 Å². The van der Waals surface area contributed by atoms with Crippen LogP contribution >= 0.6 is 0 Å². The fourth-order valence-electron chi connectivity index (χ4n) is 3.12. The summed E-state index contributed by atoms with van der Waals surface area (Å²) in [6.45, 7) is 1.75. The number of anilines is 2. The zero-order valence-electron chi connectivity index (χ0n) is 17.9. The van der Waals surface area contributed by atoms with E-state index in [2.05, 4.69) is 20.1 Å². The number of carbonyl (C=O) groups is 1. The van der Waals surface area contributed by atoms with Gasteiger partial charge in [-0.1, -0.05) is 6.07 Å². The Morgan fingerprint density at radius 3 is 2.30 bits per heavy atom. The van der Waals surface area contributed by atoms with Crippen molar-refractivity contribution < 1.29 is 17.9 Å². The van der Waals surface area contributed by atoms with Crippen LogP contribution in [0.1, 0.15) is 15.9 Å². The van der Waals surface area contributed by atoms with E-state index in [1.165, 1.54) is 25.6 Å². The fourth-order valence-corrected chi connectivity index (χ4v) is 4.21. The summed E-state index contributed by atoms with van der Waals surface area (Å²) in [5.41, 5.74) is 2.64. The summed E-state index contributed by atoms with van der Waals surface area (Å²) in [5.74, 6) is 0.198. The number of methoxy groups -OCH3 is 1. The molecule has 10 heteroatoms. The third kappa shape index (κ3) is 5.01. The summed E-state index contributed by atoms with van der Waals surface area (Å²) in [6.07, 6.45) is 3.01. The van der Waals surface area contributed by atoms with E-state index in [1.54, 1.807) is 72.5 Å². The fraction of sp³-hybridized carbons (Fsp3) is 0.0870. The van der Waals surface area contributed by atoms with Crippen LogP contribution in [0.5, 0.6) is 5.75 Å². The summed E-state index contributed by atoms with van der Waals surface area (Å²) >= 11 is 0. The highest BCUT2D eigenvalue weighted by molar-refractivity contribution is 7.92. The first-order chi connectivity index (χ1) is 15.9. The first kappa shape index (κ1) is 22.0. The van der Waals surface area contributed by atoms with Gasteiger partial charge in [0.1, 0.15) is 18.4 Å². The summed E-state index contributed by atoms with van der Waals surface area (Å²) in [6, 6.07) is 18.0. The van der Waals surface area contributed by atoms with Crippen molar-refractivity contribution in [1.29, 1.82) is 0 Å². The number of sulfonamides is 1. The van der Waals surface area contributed by atoms with Crippen molar-refractivity contribution in [3.8, 4) is 11.4 Å². The summed E-state index contributed by atoms with van der Waals surface area (Å²) in [7, 11) is -2.36. The topological polar surface area (TPSA) is 115 Å². The highest BCUT2D eigenvalue weighted by Crippen LogP contribution is 2.22. The molecule has 3 aromatic carbocycles. The minimum absolute atomic E-state index is 0.0180. The number of nitrogens with zero attached hydrogens (tertiary/aromatic N) is 3. The molecule has 2 N–H and O–H groups in total. The molecule has 0 unspecified atom stereocenters. The van der Waals surface area contributed by atoms with Gasteiger partial charge in [-0.15, -0.1) is 0 Å². The molecule has 0 spiro atoms. The molecule has 33 heavy (non-hydrogen) atoms. The van der Waals surface area contributed by atoms with E-state index >= 15 is 0 Å². The van der Waals surface area contributed by atoms with E-state index in [0.717, 1.165) is 5.69 Å². The Hall–Kier alpha value is -4.18. The van der Waals surface area contributed by atoms with Crippen LogP contribution in [0.15, 0.2) is 84.3 Å². The van der Waals surface area contributed by atoms with E-state index in [-0.39, 0.29) is 10.5 Å². The second-order valence-corrected chi connectivity index (χ2v) is 8.83. The predicted molar refractivity (Wildman–Crippen MR) is 124 cm³/mol. The molecule has 4 rings (SSSR count). The van der Waals surface area contributed by atoms with Crippen molar-refractivity contribution in [3.05, 3.63) is 90.5 Å². The third-order valence-electron chi connectivity index (χ3n) is 4.91. The summed E-state index contributed by atoms with van der Waals surface area (Å²) < 4.78 is 34.9. The highest BCUT2D eigenvalue weighted by Gasteiger charge is 2.18. The van der Waals surface area contributed by atoms with Crippen molar-refractivity contribution in [3.63, 3.8) is 0 Å². The quantitative estimate of drug-likeness (QED) is 0.432. The van der Waals surface area contributed by atoms with E-state index in [1.807, 2.05) is 0 Å². The van der Waals surface area contributed by atoms with E-state index in [4.69, 9.17) is 4.74 Å². The number of nitrogens with one attached hydrogen (secondary N) is 2. The maximum absolute atomic E-state index is 12.9. The first-order valence-electron chi connectivity index (χ1n) is 9.90. The van der Waals surface area contributed by atoms with Crippen molar-refractivity contribution in [2.24, 2.45) is 0 Å². The number of hydrogen-bond acceptors (Lipinski definition) is 6.